The Hall–Kier alpha value is -2.22. The second-order valence-corrected chi connectivity index (χ2v) is 6.21. The van der Waals surface area contributed by atoms with Gasteiger partial charge in [-0.1, -0.05) is 6.92 Å². The Morgan fingerprint density at radius 2 is 2.35 bits per heavy atom. The van der Waals surface area contributed by atoms with E-state index in [1.807, 2.05) is 12.3 Å². The van der Waals surface area contributed by atoms with Crippen LogP contribution in [0.15, 0.2) is 23.7 Å². The number of hydrogen-bond donors (Lipinski definition) is 2. The van der Waals surface area contributed by atoms with Crippen LogP contribution in [0.1, 0.15) is 29.5 Å². The number of nitrogens with zero attached hydrogens (tertiary/aromatic N) is 1. The SMILES string of the molecule is CC(CNC(=O)NC1COc2cc(F)cc(F)c21)c1nccs1. The minimum Gasteiger partial charge on any atom is -0.490 e. The van der Waals surface area contributed by atoms with E-state index in [1.165, 1.54) is 11.3 Å². The average Bonchev–Trinajstić information content (AvgIpc) is 3.14. The van der Waals surface area contributed by atoms with E-state index in [-0.39, 0.29) is 23.8 Å². The summed E-state index contributed by atoms with van der Waals surface area (Å²) in [5.41, 5.74) is 0.175. The van der Waals surface area contributed by atoms with Gasteiger partial charge in [0, 0.05) is 36.2 Å². The Morgan fingerprint density at radius 3 is 3.09 bits per heavy atom. The molecule has 2 amide bonds. The average molecular weight is 339 g/mol. The minimum absolute atomic E-state index is 0.0746. The molecule has 23 heavy (non-hydrogen) atoms. The van der Waals surface area contributed by atoms with Crippen LogP contribution in [0.2, 0.25) is 0 Å². The molecule has 0 aliphatic carbocycles. The largest absolute Gasteiger partial charge is 0.490 e. The van der Waals surface area contributed by atoms with Gasteiger partial charge < -0.3 is 15.4 Å². The molecule has 1 aliphatic rings. The number of fused-ring (bicyclic) bond motifs is 1. The number of amides is 2. The number of thiazole rings is 1. The lowest BCUT2D eigenvalue weighted by molar-refractivity contribution is 0.231. The van der Waals surface area contributed by atoms with E-state index < -0.39 is 23.7 Å². The summed E-state index contributed by atoms with van der Waals surface area (Å²) in [5, 5.41) is 8.17. The molecule has 0 saturated heterocycles. The molecule has 1 aromatic heterocycles. The van der Waals surface area contributed by atoms with Crippen LogP contribution in [0.3, 0.4) is 0 Å². The summed E-state index contributed by atoms with van der Waals surface area (Å²) in [5.74, 6) is -1.22. The number of ether oxygens (including phenoxy) is 1. The molecular formula is C15H15F2N3O2S. The molecule has 0 bridgehead atoms. The van der Waals surface area contributed by atoms with Crippen molar-refractivity contribution in [1.82, 2.24) is 15.6 Å². The van der Waals surface area contributed by atoms with E-state index in [4.69, 9.17) is 4.74 Å². The molecule has 1 aromatic carbocycles. The molecule has 3 rings (SSSR count). The molecular weight excluding hydrogens is 324 g/mol. The number of carbonyl (C=O) groups excluding carboxylic acids is 1. The van der Waals surface area contributed by atoms with Gasteiger partial charge in [-0.3, -0.25) is 0 Å². The lowest BCUT2D eigenvalue weighted by atomic mass is 10.1. The van der Waals surface area contributed by atoms with Crippen LogP contribution in [0, 0.1) is 11.6 Å². The van der Waals surface area contributed by atoms with Crippen molar-refractivity contribution in [2.45, 2.75) is 18.9 Å². The zero-order valence-electron chi connectivity index (χ0n) is 12.3. The van der Waals surface area contributed by atoms with Crippen LogP contribution in [-0.2, 0) is 0 Å². The molecule has 8 heteroatoms. The van der Waals surface area contributed by atoms with Gasteiger partial charge in [-0.15, -0.1) is 11.3 Å². The maximum absolute atomic E-state index is 13.9. The van der Waals surface area contributed by atoms with Crippen LogP contribution in [-0.4, -0.2) is 24.2 Å². The summed E-state index contributed by atoms with van der Waals surface area (Å²) in [7, 11) is 0. The highest BCUT2D eigenvalue weighted by Crippen LogP contribution is 2.35. The van der Waals surface area contributed by atoms with Gasteiger partial charge in [-0.25, -0.2) is 18.6 Å². The fraction of sp³-hybridized carbons (Fsp3) is 0.333. The highest BCUT2D eigenvalue weighted by molar-refractivity contribution is 7.09. The fourth-order valence-corrected chi connectivity index (χ4v) is 3.11. The lowest BCUT2D eigenvalue weighted by Gasteiger charge is -2.15. The van der Waals surface area contributed by atoms with Crippen LogP contribution in [0.4, 0.5) is 13.6 Å². The number of rotatable bonds is 4. The van der Waals surface area contributed by atoms with E-state index in [9.17, 15) is 13.6 Å². The summed E-state index contributed by atoms with van der Waals surface area (Å²) < 4.78 is 32.2. The highest BCUT2D eigenvalue weighted by atomic mass is 32.1. The molecule has 2 unspecified atom stereocenters. The van der Waals surface area contributed by atoms with Gasteiger partial charge in [0.05, 0.1) is 16.6 Å². The number of halogens is 2. The Balaban J connectivity index is 1.58. The zero-order chi connectivity index (χ0) is 16.4. The summed E-state index contributed by atoms with van der Waals surface area (Å²) in [6, 6.07) is 0.826. The molecule has 122 valence electrons. The Morgan fingerprint density at radius 1 is 1.52 bits per heavy atom. The van der Waals surface area contributed by atoms with Gasteiger partial charge in [0.15, 0.2) is 0 Å². The Labute approximate surface area is 135 Å². The molecule has 2 heterocycles. The Kier molecular flexibility index (Phi) is 4.42. The molecule has 0 radical (unpaired) electrons. The van der Waals surface area contributed by atoms with Gasteiger partial charge in [-0.2, -0.15) is 0 Å². The van der Waals surface area contributed by atoms with Crippen molar-refractivity contribution < 1.29 is 18.3 Å². The first kappa shape index (κ1) is 15.7. The first-order valence-electron chi connectivity index (χ1n) is 7.10. The van der Waals surface area contributed by atoms with Crippen LogP contribution < -0.4 is 15.4 Å². The van der Waals surface area contributed by atoms with Crippen molar-refractivity contribution >= 4 is 17.4 Å². The molecule has 2 N–H and O–H groups in total. The van der Waals surface area contributed by atoms with Gasteiger partial charge in [-0.05, 0) is 0 Å². The fourth-order valence-electron chi connectivity index (χ4n) is 2.41. The zero-order valence-corrected chi connectivity index (χ0v) is 13.1. The molecule has 5 nitrogen and oxygen atoms in total. The van der Waals surface area contributed by atoms with Gasteiger partial charge >= 0.3 is 6.03 Å². The summed E-state index contributed by atoms with van der Waals surface area (Å²) in [6.45, 7) is 2.44. The van der Waals surface area contributed by atoms with E-state index >= 15 is 0 Å². The molecule has 0 spiro atoms. The first-order chi connectivity index (χ1) is 11.0. The summed E-state index contributed by atoms with van der Waals surface area (Å²) in [6.07, 6.45) is 1.71. The molecule has 2 atom stereocenters. The van der Waals surface area contributed by atoms with Gasteiger partial charge in [0.1, 0.15) is 24.0 Å². The predicted octanol–water partition coefficient (Wildman–Crippen LogP) is 2.96. The highest BCUT2D eigenvalue weighted by Gasteiger charge is 2.30. The number of hydrogen-bond acceptors (Lipinski definition) is 4. The third kappa shape index (κ3) is 3.42. The molecule has 0 saturated carbocycles. The Bertz CT molecular complexity index is 709. The normalized spacial score (nSPS) is 17.3. The van der Waals surface area contributed by atoms with Crippen molar-refractivity contribution in [1.29, 1.82) is 0 Å². The quantitative estimate of drug-likeness (QED) is 0.900. The maximum Gasteiger partial charge on any atom is 0.315 e. The molecule has 2 aromatic rings. The van der Waals surface area contributed by atoms with Crippen molar-refractivity contribution in [2.75, 3.05) is 13.2 Å². The summed E-state index contributed by atoms with van der Waals surface area (Å²) >= 11 is 1.52. The van der Waals surface area contributed by atoms with Gasteiger partial charge in [0.25, 0.3) is 0 Å². The van der Waals surface area contributed by atoms with Gasteiger partial charge in [0.2, 0.25) is 0 Å². The van der Waals surface area contributed by atoms with Crippen molar-refractivity contribution in [3.63, 3.8) is 0 Å². The van der Waals surface area contributed by atoms with E-state index in [0.29, 0.717) is 6.54 Å². The van der Waals surface area contributed by atoms with Crippen LogP contribution >= 0.6 is 11.3 Å². The second kappa shape index (κ2) is 6.49. The topological polar surface area (TPSA) is 63.2 Å². The number of urea groups is 1. The third-order valence-electron chi connectivity index (χ3n) is 3.56. The minimum atomic E-state index is -0.723. The maximum atomic E-state index is 13.9. The van der Waals surface area contributed by atoms with Crippen LogP contribution in [0.25, 0.3) is 0 Å². The van der Waals surface area contributed by atoms with Crippen molar-refractivity contribution in [3.8, 4) is 5.75 Å². The van der Waals surface area contributed by atoms with E-state index in [2.05, 4.69) is 15.6 Å². The number of aromatic nitrogens is 1. The number of carbonyl (C=O) groups is 1. The standard InChI is InChI=1S/C15H15F2N3O2S/c1-8(14-18-2-3-23-14)6-19-15(21)20-11-7-22-12-5-9(16)4-10(17)13(11)12/h2-5,8,11H,6-7H2,1H3,(H2,19,20,21). The van der Waals surface area contributed by atoms with E-state index in [0.717, 1.165) is 17.1 Å². The van der Waals surface area contributed by atoms with Crippen molar-refractivity contribution in [3.05, 3.63) is 45.9 Å². The smallest absolute Gasteiger partial charge is 0.315 e. The van der Waals surface area contributed by atoms with Crippen LogP contribution in [0.5, 0.6) is 5.75 Å². The number of benzene rings is 1. The third-order valence-corrected chi connectivity index (χ3v) is 4.56. The predicted molar refractivity (Wildman–Crippen MR) is 81.7 cm³/mol. The molecule has 0 fully saturated rings. The van der Waals surface area contributed by atoms with E-state index in [1.54, 1.807) is 6.20 Å². The summed E-state index contributed by atoms with van der Waals surface area (Å²) in [4.78, 5) is 16.2. The lowest BCUT2D eigenvalue weighted by Crippen LogP contribution is -2.40. The monoisotopic (exact) mass is 339 g/mol. The number of nitrogens with one attached hydrogen (secondary N) is 2. The first-order valence-corrected chi connectivity index (χ1v) is 7.98. The molecule has 1 aliphatic heterocycles. The van der Waals surface area contributed by atoms with Crippen molar-refractivity contribution in [2.24, 2.45) is 0 Å². The second-order valence-electron chi connectivity index (χ2n) is 5.29.